The minimum absolute atomic E-state index is 0.102. The van der Waals surface area contributed by atoms with Gasteiger partial charge in [0, 0.05) is 19.0 Å². The lowest BCUT2D eigenvalue weighted by Gasteiger charge is -2.12. The van der Waals surface area contributed by atoms with E-state index in [1.165, 1.54) is 18.2 Å². The molecule has 0 aliphatic carbocycles. The molecule has 0 radical (unpaired) electrons. The molecule has 0 bridgehead atoms. The first kappa shape index (κ1) is 18.8. The van der Waals surface area contributed by atoms with Gasteiger partial charge in [-0.2, -0.15) is 0 Å². The molecule has 0 saturated heterocycles. The summed E-state index contributed by atoms with van der Waals surface area (Å²) in [6.45, 7) is 1.04. The minimum atomic E-state index is -0.527. The summed E-state index contributed by atoms with van der Waals surface area (Å²) >= 11 is 6.22. The molecular formula is C18H17ClN2O6. The van der Waals surface area contributed by atoms with Crippen molar-refractivity contribution in [1.82, 2.24) is 5.32 Å². The predicted molar refractivity (Wildman–Crippen MR) is 97.5 cm³/mol. The Morgan fingerprint density at radius 1 is 1.26 bits per heavy atom. The van der Waals surface area contributed by atoms with Crippen LogP contribution < -0.4 is 19.5 Å². The molecule has 27 heavy (non-hydrogen) atoms. The summed E-state index contributed by atoms with van der Waals surface area (Å²) in [5.74, 6) is 0.943. The van der Waals surface area contributed by atoms with Crippen molar-refractivity contribution < 1.29 is 23.9 Å². The average Bonchev–Trinajstić information content (AvgIpc) is 2.91. The van der Waals surface area contributed by atoms with E-state index in [4.69, 9.17) is 25.8 Å². The highest BCUT2D eigenvalue weighted by molar-refractivity contribution is 6.32. The maximum Gasteiger partial charge on any atom is 0.273 e. The second-order valence-electron chi connectivity index (χ2n) is 5.78. The van der Waals surface area contributed by atoms with Crippen molar-refractivity contribution in [2.24, 2.45) is 0 Å². The van der Waals surface area contributed by atoms with Crippen LogP contribution in [0.2, 0.25) is 5.02 Å². The number of nitrogens with zero attached hydrogens (tertiary/aromatic N) is 1. The number of nitrogens with one attached hydrogen (secondary N) is 1. The van der Waals surface area contributed by atoms with Gasteiger partial charge in [0.15, 0.2) is 18.1 Å². The van der Waals surface area contributed by atoms with Crippen LogP contribution in [0.3, 0.4) is 0 Å². The summed E-state index contributed by atoms with van der Waals surface area (Å²) in [5, 5.41) is 13.9. The van der Waals surface area contributed by atoms with E-state index < -0.39 is 4.92 Å². The number of ether oxygens (including phenoxy) is 3. The quantitative estimate of drug-likeness (QED) is 0.599. The van der Waals surface area contributed by atoms with Crippen molar-refractivity contribution in [3.8, 4) is 17.2 Å². The van der Waals surface area contributed by atoms with E-state index >= 15 is 0 Å². The normalized spacial score (nSPS) is 12.8. The van der Waals surface area contributed by atoms with Gasteiger partial charge < -0.3 is 19.5 Å². The minimum Gasteiger partial charge on any atom is -0.489 e. The van der Waals surface area contributed by atoms with Crippen molar-refractivity contribution in [2.75, 3.05) is 19.8 Å². The van der Waals surface area contributed by atoms with E-state index in [1.807, 2.05) is 0 Å². The zero-order valence-corrected chi connectivity index (χ0v) is 15.0. The molecule has 1 heterocycles. The number of nitro groups is 1. The number of amides is 1. The number of carbonyl (C=O) groups is 1. The molecular weight excluding hydrogens is 376 g/mol. The lowest BCUT2D eigenvalue weighted by molar-refractivity contribution is -0.384. The molecule has 0 unspecified atom stereocenters. The van der Waals surface area contributed by atoms with Gasteiger partial charge in [-0.15, -0.1) is 0 Å². The van der Waals surface area contributed by atoms with E-state index in [-0.39, 0.29) is 30.5 Å². The fraction of sp³-hybridized carbons (Fsp3) is 0.278. The van der Waals surface area contributed by atoms with Gasteiger partial charge in [-0.05, 0) is 23.8 Å². The molecule has 0 spiro atoms. The van der Waals surface area contributed by atoms with Crippen LogP contribution in [0.15, 0.2) is 36.4 Å². The molecule has 9 heteroatoms. The van der Waals surface area contributed by atoms with Crippen LogP contribution in [0.4, 0.5) is 5.69 Å². The lowest BCUT2D eigenvalue weighted by atomic mass is 10.2. The van der Waals surface area contributed by atoms with Gasteiger partial charge in [-0.25, -0.2) is 0 Å². The van der Waals surface area contributed by atoms with Crippen molar-refractivity contribution in [2.45, 2.75) is 13.0 Å². The first-order chi connectivity index (χ1) is 13.0. The monoisotopic (exact) mass is 392 g/mol. The topological polar surface area (TPSA) is 99.9 Å². The van der Waals surface area contributed by atoms with Gasteiger partial charge in [0.25, 0.3) is 11.6 Å². The van der Waals surface area contributed by atoms with Crippen LogP contribution in [0, 0.1) is 10.1 Å². The molecule has 8 nitrogen and oxygen atoms in total. The van der Waals surface area contributed by atoms with Crippen LogP contribution in [0.25, 0.3) is 0 Å². The molecule has 0 saturated carbocycles. The molecule has 0 atom stereocenters. The molecule has 2 aromatic carbocycles. The Labute approximate surface area is 160 Å². The Balaban J connectivity index is 1.55. The number of fused-ring (bicyclic) bond motifs is 1. The third-order valence-electron chi connectivity index (χ3n) is 3.75. The van der Waals surface area contributed by atoms with Gasteiger partial charge in [-0.1, -0.05) is 17.7 Å². The predicted octanol–water partition coefficient (Wildman–Crippen LogP) is 3.10. The molecule has 1 amide bonds. The molecule has 0 fully saturated rings. The fourth-order valence-corrected chi connectivity index (χ4v) is 2.76. The van der Waals surface area contributed by atoms with Crippen LogP contribution in [-0.2, 0) is 11.3 Å². The van der Waals surface area contributed by atoms with Gasteiger partial charge in [-0.3, -0.25) is 14.9 Å². The fourth-order valence-electron chi connectivity index (χ4n) is 2.47. The molecule has 1 aliphatic rings. The molecule has 1 N–H and O–H groups in total. The Hall–Kier alpha value is -3.00. The number of hydrogen-bond acceptors (Lipinski definition) is 6. The van der Waals surface area contributed by atoms with E-state index in [0.717, 1.165) is 12.0 Å². The zero-order valence-electron chi connectivity index (χ0n) is 14.3. The van der Waals surface area contributed by atoms with Crippen LogP contribution >= 0.6 is 11.6 Å². The highest BCUT2D eigenvalue weighted by Gasteiger charge is 2.16. The Kier molecular flexibility index (Phi) is 5.97. The van der Waals surface area contributed by atoms with Gasteiger partial charge in [0.05, 0.1) is 29.2 Å². The number of halogens is 1. The van der Waals surface area contributed by atoms with Gasteiger partial charge in [0.1, 0.15) is 5.75 Å². The first-order valence-corrected chi connectivity index (χ1v) is 8.62. The Morgan fingerprint density at radius 3 is 2.89 bits per heavy atom. The molecule has 1 aliphatic heterocycles. The lowest BCUT2D eigenvalue weighted by Crippen LogP contribution is -2.28. The van der Waals surface area contributed by atoms with Crippen molar-refractivity contribution in [3.63, 3.8) is 0 Å². The first-order valence-electron chi connectivity index (χ1n) is 8.25. The highest BCUT2D eigenvalue weighted by atomic mass is 35.5. The van der Waals surface area contributed by atoms with Crippen molar-refractivity contribution in [1.29, 1.82) is 0 Å². The smallest absolute Gasteiger partial charge is 0.273 e. The summed E-state index contributed by atoms with van der Waals surface area (Å²) in [7, 11) is 0. The van der Waals surface area contributed by atoms with E-state index in [1.54, 1.807) is 18.2 Å². The standard InChI is InChI=1S/C18H17ClN2O6/c19-15-7-12(8-16-18(15)26-6-2-5-25-16)10-20-17(22)11-27-14-4-1-3-13(9-14)21(23)24/h1,3-4,7-9H,2,5-6,10-11H2,(H,20,22). The summed E-state index contributed by atoms with van der Waals surface area (Å²) in [4.78, 5) is 22.2. The molecule has 3 rings (SSSR count). The van der Waals surface area contributed by atoms with Crippen LogP contribution in [0.5, 0.6) is 17.2 Å². The Morgan fingerprint density at radius 2 is 2.07 bits per heavy atom. The molecule has 0 aromatic heterocycles. The van der Waals surface area contributed by atoms with Gasteiger partial charge >= 0.3 is 0 Å². The largest absolute Gasteiger partial charge is 0.489 e. The Bertz CT molecular complexity index is 858. The van der Waals surface area contributed by atoms with Crippen molar-refractivity contribution in [3.05, 3.63) is 57.1 Å². The summed E-state index contributed by atoms with van der Waals surface area (Å²) < 4.78 is 16.5. The number of hydrogen-bond donors (Lipinski definition) is 1. The summed E-state index contributed by atoms with van der Waals surface area (Å²) in [6, 6.07) is 9.12. The van der Waals surface area contributed by atoms with Crippen molar-refractivity contribution >= 4 is 23.2 Å². The summed E-state index contributed by atoms with van der Waals surface area (Å²) in [5.41, 5.74) is 0.655. The van der Waals surface area contributed by atoms with Crippen LogP contribution in [0.1, 0.15) is 12.0 Å². The maximum atomic E-state index is 12.0. The SMILES string of the molecule is O=C(COc1cccc([N+](=O)[O-])c1)NCc1cc(Cl)c2c(c1)OCCCO2. The molecule has 142 valence electrons. The molecule has 2 aromatic rings. The van der Waals surface area contributed by atoms with E-state index in [2.05, 4.69) is 5.32 Å². The second-order valence-corrected chi connectivity index (χ2v) is 6.18. The third-order valence-corrected chi connectivity index (χ3v) is 4.03. The van der Waals surface area contributed by atoms with Gasteiger partial charge in [0.2, 0.25) is 0 Å². The summed E-state index contributed by atoms with van der Waals surface area (Å²) in [6.07, 6.45) is 0.770. The van der Waals surface area contributed by atoms with Crippen LogP contribution in [-0.4, -0.2) is 30.7 Å². The number of nitro benzene ring substituents is 1. The second kappa shape index (κ2) is 8.59. The maximum absolute atomic E-state index is 12.0. The van der Waals surface area contributed by atoms with E-state index in [9.17, 15) is 14.9 Å². The van der Waals surface area contributed by atoms with E-state index in [0.29, 0.717) is 29.7 Å². The average molecular weight is 393 g/mol. The number of benzene rings is 2. The number of carbonyl (C=O) groups excluding carboxylic acids is 1. The number of non-ortho nitro benzene ring substituents is 1. The highest BCUT2D eigenvalue weighted by Crippen LogP contribution is 2.37. The third kappa shape index (κ3) is 5.01. The zero-order chi connectivity index (χ0) is 19.2. The number of rotatable bonds is 6.